The van der Waals surface area contributed by atoms with E-state index in [4.69, 9.17) is 4.74 Å². The zero-order valence-electron chi connectivity index (χ0n) is 15.5. The maximum Gasteiger partial charge on any atom is 0.241 e. The molecule has 0 aromatic carbocycles. The number of nitrogens with one attached hydrogen (secondary N) is 1. The Balaban J connectivity index is 1.74. The Morgan fingerprint density at radius 1 is 1.32 bits per heavy atom. The van der Waals surface area contributed by atoms with Crippen LogP contribution in [0.4, 0.5) is 0 Å². The summed E-state index contributed by atoms with van der Waals surface area (Å²) < 4.78 is 7.54. The molecule has 25 heavy (non-hydrogen) atoms. The molecule has 7 nitrogen and oxygen atoms in total. The Morgan fingerprint density at radius 3 is 2.72 bits per heavy atom. The zero-order valence-corrected chi connectivity index (χ0v) is 15.5. The predicted octanol–water partition coefficient (Wildman–Crippen LogP) is 1.90. The molecule has 1 amide bonds. The summed E-state index contributed by atoms with van der Waals surface area (Å²) in [6.45, 7) is 8.12. The van der Waals surface area contributed by atoms with Crippen molar-refractivity contribution in [2.45, 2.75) is 70.5 Å². The van der Waals surface area contributed by atoms with E-state index in [2.05, 4.69) is 27.3 Å². The summed E-state index contributed by atoms with van der Waals surface area (Å²) in [6, 6.07) is -0.138. The summed E-state index contributed by atoms with van der Waals surface area (Å²) in [6.07, 6.45) is 8.10. The number of aryl methyl sites for hydroxylation is 1. The highest BCUT2D eigenvalue weighted by Crippen LogP contribution is 2.35. The van der Waals surface area contributed by atoms with Crippen LogP contribution in [0.2, 0.25) is 0 Å². The number of morpholine rings is 1. The topological polar surface area (TPSA) is 72.3 Å². The van der Waals surface area contributed by atoms with Crippen LogP contribution >= 0.6 is 0 Å². The fraction of sp³-hybridized carbons (Fsp3) is 0.833. The molecule has 2 fully saturated rings. The molecule has 2 heterocycles. The third kappa shape index (κ3) is 3.87. The number of hydrogen-bond acceptors (Lipinski definition) is 5. The molecule has 0 bridgehead atoms. The first-order valence-corrected chi connectivity index (χ1v) is 9.69. The molecule has 1 unspecified atom stereocenters. The lowest BCUT2D eigenvalue weighted by molar-refractivity contribution is -0.140. The highest BCUT2D eigenvalue weighted by atomic mass is 16.5. The normalized spacial score (nSPS) is 22.5. The van der Waals surface area contributed by atoms with Crippen LogP contribution in [0.1, 0.15) is 64.2 Å². The largest absolute Gasteiger partial charge is 0.379 e. The van der Waals surface area contributed by atoms with Crippen molar-refractivity contribution in [2.75, 3.05) is 26.3 Å². The fourth-order valence-corrected chi connectivity index (χ4v) is 4.22. The molecule has 1 aromatic rings. The van der Waals surface area contributed by atoms with Gasteiger partial charge < -0.3 is 14.6 Å². The molecule has 140 valence electrons. The quantitative estimate of drug-likeness (QED) is 0.849. The molecule has 1 atom stereocenters. The zero-order chi connectivity index (χ0) is 17.7. The molecule has 0 radical (unpaired) electrons. The van der Waals surface area contributed by atoms with Crippen molar-refractivity contribution in [1.82, 2.24) is 25.0 Å². The van der Waals surface area contributed by atoms with Gasteiger partial charge in [0.1, 0.15) is 11.9 Å². The van der Waals surface area contributed by atoms with Crippen molar-refractivity contribution in [3.63, 3.8) is 0 Å². The second kappa shape index (κ2) is 8.27. The lowest BCUT2D eigenvalue weighted by Crippen LogP contribution is -2.62. The maximum absolute atomic E-state index is 13.3. The van der Waals surface area contributed by atoms with Crippen molar-refractivity contribution in [1.29, 1.82) is 0 Å². The summed E-state index contributed by atoms with van der Waals surface area (Å²) >= 11 is 0. The van der Waals surface area contributed by atoms with Gasteiger partial charge >= 0.3 is 0 Å². The third-order valence-electron chi connectivity index (χ3n) is 5.56. The predicted molar refractivity (Wildman–Crippen MR) is 95.1 cm³/mol. The smallest absolute Gasteiger partial charge is 0.241 e. The number of amides is 1. The van der Waals surface area contributed by atoms with Crippen molar-refractivity contribution >= 4 is 5.91 Å². The second-order valence-corrected chi connectivity index (χ2v) is 7.27. The first kappa shape index (κ1) is 18.3. The van der Waals surface area contributed by atoms with E-state index in [0.717, 1.165) is 70.8 Å². The van der Waals surface area contributed by atoms with Crippen LogP contribution in [0.3, 0.4) is 0 Å². The van der Waals surface area contributed by atoms with Crippen LogP contribution in [0.25, 0.3) is 0 Å². The van der Waals surface area contributed by atoms with Crippen molar-refractivity contribution in [3.8, 4) is 0 Å². The standard InChI is InChI=1S/C18H31N5O2/c1-3-9-22-14-19-21-16(22)15(2)20-17(24)18(7-5-4-6-8-18)23-10-12-25-13-11-23/h14-15H,3-13H2,1-2H3,(H,20,24). The maximum atomic E-state index is 13.3. The van der Waals surface area contributed by atoms with E-state index in [1.54, 1.807) is 6.33 Å². The summed E-state index contributed by atoms with van der Waals surface area (Å²) in [5, 5.41) is 11.5. The molecule has 1 saturated carbocycles. The highest BCUT2D eigenvalue weighted by molar-refractivity contribution is 5.86. The monoisotopic (exact) mass is 349 g/mol. The average molecular weight is 349 g/mol. The van der Waals surface area contributed by atoms with Gasteiger partial charge in [0.2, 0.25) is 5.91 Å². The van der Waals surface area contributed by atoms with E-state index < -0.39 is 0 Å². The number of aromatic nitrogens is 3. The highest BCUT2D eigenvalue weighted by Gasteiger charge is 2.45. The summed E-state index contributed by atoms with van der Waals surface area (Å²) in [5.74, 6) is 0.982. The van der Waals surface area contributed by atoms with Crippen molar-refractivity contribution in [2.24, 2.45) is 0 Å². The van der Waals surface area contributed by atoms with Gasteiger partial charge in [-0.1, -0.05) is 26.2 Å². The van der Waals surface area contributed by atoms with Gasteiger partial charge in [0, 0.05) is 19.6 Å². The Bertz CT molecular complexity index is 562. The van der Waals surface area contributed by atoms with E-state index in [-0.39, 0.29) is 17.5 Å². The van der Waals surface area contributed by atoms with Crippen molar-refractivity contribution in [3.05, 3.63) is 12.2 Å². The molecule has 2 aliphatic rings. The molecule has 0 spiro atoms. The van der Waals surface area contributed by atoms with Crippen molar-refractivity contribution < 1.29 is 9.53 Å². The van der Waals surface area contributed by atoms with E-state index in [0.29, 0.717) is 0 Å². The van der Waals surface area contributed by atoms with Gasteiger partial charge in [-0.25, -0.2) is 0 Å². The Morgan fingerprint density at radius 2 is 2.04 bits per heavy atom. The average Bonchev–Trinajstić information content (AvgIpc) is 3.12. The minimum Gasteiger partial charge on any atom is -0.379 e. The lowest BCUT2D eigenvalue weighted by atomic mass is 9.79. The lowest BCUT2D eigenvalue weighted by Gasteiger charge is -2.46. The third-order valence-corrected chi connectivity index (χ3v) is 5.56. The molecular weight excluding hydrogens is 318 g/mol. The molecule has 1 saturated heterocycles. The van der Waals surface area contributed by atoms with E-state index in [1.165, 1.54) is 6.42 Å². The molecule has 1 aromatic heterocycles. The Kier molecular flexibility index (Phi) is 6.06. The van der Waals surface area contributed by atoms with Crippen LogP contribution in [-0.2, 0) is 16.1 Å². The molecule has 1 aliphatic carbocycles. The van der Waals surface area contributed by atoms with Gasteiger partial charge in [-0.05, 0) is 26.2 Å². The van der Waals surface area contributed by atoms with E-state index in [1.807, 2.05) is 11.5 Å². The molecular formula is C18H31N5O2. The molecule has 3 rings (SSSR count). The van der Waals surface area contributed by atoms with Gasteiger partial charge in [0.15, 0.2) is 5.82 Å². The first-order valence-electron chi connectivity index (χ1n) is 9.69. The van der Waals surface area contributed by atoms with Gasteiger partial charge in [-0.3, -0.25) is 9.69 Å². The minimum atomic E-state index is -0.383. The van der Waals surface area contributed by atoms with Gasteiger partial charge in [-0.2, -0.15) is 0 Å². The van der Waals surface area contributed by atoms with Gasteiger partial charge in [-0.15, -0.1) is 10.2 Å². The van der Waals surface area contributed by atoms with Crippen LogP contribution in [0.15, 0.2) is 6.33 Å². The second-order valence-electron chi connectivity index (χ2n) is 7.27. The van der Waals surface area contributed by atoms with E-state index in [9.17, 15) is 4.79 Å². The molecule has 1 aliphatic heterocycles. The van der Waals surface area contributed by atoms with Gasteiger partial charge in [0.25, 0.3) is 0 Å². The van der Waals surface area contributed by atoms with Crippen LogP contribution in [0, 0.1) is 0 Å². The SMILES string of the molecule is CCCn1cnnc1C(C)NC(=O)C1(N2CCOCC2)CCCCC1. The van der Waals surface area contributed by atoms with Crippen LogP contribution in [0.5, 0.6) is 0 Å². The summed E-state index contributed by atoms with van der Waals surface area (Å²) in [5.41, 5.74) is -0.383. The number of rotatable bonds is 6. The van der Waals surface area contributed by atoms with Gasteiger partial charge in [0.05, 0.1) is 19.3 Å². The van der Waals surface area contributed by atoms with Crippen LogP contribution < -0.4 is 5.32 Å². The Labute approximate surface area is 150 Å². The number of nitrogens with zero attached hydrogens (tertiary/aromatic N) is 4. The number of hydrogen-bond donors (Lipinski definition) is 1. The molecule has 7 heteroatoms. The molecule has 1 N–H and O–H groups in total. The minimum absolute atomic E-state index is 0.138. The Hall–Kier alpha value is -1.47. The fourth-order valence-electron chi connectivity index (χ4n) is 4.22. The number of ether oxygens (including phenoxy) is 1. The first-order chi connectivity index (χ1) is 12.2. The summed E-state index contributed by atoms with van der Waals surface area (Å²) in [7, 11) is 0. The number of carbonyl (C=O) groups excluding carboxylic acids is 1. The van der Waals surface area contributed by atoms with E-state index >= 15 is 0 Å². The van der Waals surface area contributed by atoms with Crippen LogP contribution in [-0.4, -0.2) is 57.4 Å². The summed E-state index contributed by atoms with van der Waals surface area (Å²) in [4.78, 5) is 15.7. The number of carbonyl (C=O) groups is 1.